The van der Waals surface area contributed by atoms with Crippen molar-refractivity contribution in [1.82, 2.24) is 0 Å². The molecule has 0 saturated heterocycles. The first-order chi connectivity index (χ1) is 12.5. The summed E-state index contributed by atoms with van der Waals surface area (Å²) in [6.07, 6.45) is 0. The Kier molecular flexibility index (Phi) is 7.24. The molecule has 0 N–H and O–H groups in total. The number of aliphatic imine (C=N–C) groups is 2. The van der Waals surface area contributed by atoms with Gasteiger partial charge in [0.05, 0.1) is 12.3 Å². The maximum absolute atomic E-state index is 5.19. The van der Waals surface area contributed by atoms with E-state index in [4.69, 9.17) is 14.7 Å². The molecule has 134 valence electrons. The summed E-state index contributed by atoms with van der Waals surface area (Å²) >= 11 is 0. The molecule has 0 amide bonds. The molecular formula is C23H26N2O. The Balaban J connectivity index is 2.66. The molecule has 3 nitrogen and oxygen atoms in total. The first-order valence-corrected chi connectivity index (χ1v) is 8.62. The molecule has 0 atom stereocenters. The van der Waals surface area contributed by atoms with E-state index in [-0.39, 0.29) is 0 Å². The largest absolute Gasteiger partial charge is 0.379 e. The van der Waals surface area contributed by atoms with Crippen LogP contribution in [-0.2, 0) is 4.74 Å². The average molecular weight is 346 g/mol. The molecule has 0 heterocycles. The normalized spacial score (nSPS) is 12.4. The number of benzene rings is 2. The average Bonchev–Trinajstić information content (AvgIpc) is 2.66. The zero-order valence-electron chi connectivity index (χ0n) is 16.0. The fourth-order valence-corrected chi connectivity index (χ4v) is 2.40. The molecule has 2 rings (SSSR count). The summed E-state index contributed by atoms with van der Waals surface area (Å²) in [5, 5.41) is 0. The molecule has 26 heavy (non-hydrogen) atoms. The first-order valence-electron chi connectivity index (χ1n) is 8.62. The van der Waals surface area contributed by atoms with E-state index in [0.717, 1.165) is 33.7 Å². The minimum Gasteiger partial charge on any atom is -0.379 e. The highest BCUT2D eigenvalue weighted by atomic mass is 16.5. The number of hydrogen-bond donors (Lipinski definition) is 0. The van der Waals surface area contributed by atoms with Gasteiger partial charge in [0.2, 0.25) is 0 Å². The Labute approximate surface area is 156 Å². The van der Waals surface area contributed by atoms with Crippen LogP contribution >= 0.6 is 0 Å². The molecule has 0 radical (unpaired) electrons. The molecule has 0 aromatic heterocycles. The van der Waals surface area contributed by atoms with Gasteiger partial charge in [-0.25, -0.2) is 9.98 Å². The molecule has 0 fully saturated rings. The maximum Gasteiger partial charge on any atom is 0.155 e. The van der Waals surface area contributed by atoms with Gasteiger partial charge in [-0.1, -0.05) is 72.8 Å². The van der Waals surface area contributed by atoms with E-state index < -0.39 is 0 Å². The zero-order valence-corrected chi connectivity index (χ0v) is 16.0. The van der Waals surface area contributed by atoms with Gasteiger partial charge in [0.1, 0.15) is 0 Å². The number of nitrogens with zero attached hydrogens (tertiary/aromatic N) is 2. The van der Waals surface area contributed by atoms with E-state index in [2.05, 4.69) is 30.8 Å². The van der Waals surface area contributed by atoms with Gasteiger partial charge in [0.15, 0.2) is 5.82 Å². The van der Waals surface area contributed by atoms with Gasteiger partial charge in [-0.15, -0.1) is 0 Å². The highest BCUT2D eigenvalue weighted by Gasteiger charge is 2.10. The Morgan fingerprint density at radius 3 is 1.77 bits per heavy atom. The van der Waals surface area contributed by atoms with E-state index >= 15 is 0 Å². The SMILES string of the molecule is C=C(C)/C(C)=C(\N=C(C)COC)N=C(c1ccccc1)c1ccccc1. The summed E-state index contributed by atoms with van der Waals surface area (Å²) in [4.78, 5) is 9.65. The lowest BCUT2D eigenvalue weighted by molar-refractivity contribution is 0.245. The van der Waals surface area contributed by atoms with Gasteiger partial charge in [-0.05, 0) is 26.3 Å². The molecule has 0 aliphatic carbocycles. The van der Waals surface area contributed by atoms with Crippen LogP contribution < -0.4 is 0 Å². The zero-order chi connectivity index (χ0) is 18.9. The molecule has 2 aromatic rings. The van der Waals surface area contributed by atoms with Crippen molar-refractivity contribution in [2.75, 3.05) is 13.7 Å². The van der Waals surface area contributed by atoms with Gasteiger partial charge in [-0.3, -0.25) is 0 Å². The van der Waals surface area contributed by atoms with Gasteiger partial charge in [-0.2, -0.15) is 0 Å². The van der Waals surface area contributed by atoms with E-state index in [9.17, 15) is 0 Å². The molecule has 0 aliphatic rings. The molecular weight excluding hydrogens is 320 g/mol. The van der Waals surface area contributed by atoms with Crippen LogP contribution in [0.5, 0.6) is 0 Å². The monoisotopic (exact) mass is 346 g/mol. The quantitative estimate of drug-likeness (QED) is 0.485. The van der Waals surface area contributed by atoms with Crippen molar-refractivity contribution in [3.05, 3.63) is 95.3 Å². The Morgan fingerprint density at radius 1 is 0.846 bits per heavy atom. The summed E-state index contributed by atoms with van der Waals surface area (Å²) in [7, 11) is 1.66. The first kappa shape index (κ1) is 19.5. The lowest BCUT2D eigenvalue weighted by atomic mass is 10.0. The molecule has 0 aliphatic heterocycles. The van der Waals surface area contributed by atoms with Crippen molar-refractivity contribution >= 4 is 11.4 Å². The summed E-state index contributed by atoms with van der Waals surface area (Å²) in [5.41, 5.74) is 5.75. The summed E-state index contributed by atoms with van der Waals surface area (Å²) in [5.74, 6) is 0.662. The smallest absolute Gasteiger partial charge is 0.155 e. The Hall–Kier alpha value is -2.78. The lowest BCUT2D eigenvalue weighted by Crippen LogP contribution is -2.06. The van der Waals surface area contributed by atoms with Crippen LogP contribution in [0.25, 0.3) is 0 Å². The number of allylic oxidation sites excluding steroid dienone is 2. The van der Waals surface area contributed by atoms with Crippen molar-refractivity contribution in [2.45, 2.75) is 20.8 Å². The predicted molar refractivity (Wildman–Crippen MR) is 111 cm³/mol. The van der Waals surface area contributed by atoms with Crippen molar-refractivity contribution in [2.24, 2.45) is 9.98 Å². The molecule has 0 bridgehead atoms. The van der Waals surface area contributed by atoms with Gasteiger partial charge in [0.25, 0.3) is 0 Å². The second kappa shape index (κ2) is 9.64. The second-order valence-corrected chi connectivity index (χ2v) is 6.20. The van der Waals surface area contributed by atoms with Crippen molar-refractivity contribution < 1.29 is 4.74 Å². The fourth-order valence-electron chi connectivity index (χ4n) is 2.40. The van der Waals surface area contributed by atoms with Crippen LogP contribution in [0.2, 0.25) is 0 Å². The molecule has 0 saturated carbocycles. The standard InChI is InChI=1S/C23H26N2O/c1-17(2)19(4)23(24-18(3)16-26-5)25-22(20-12-8-6-9-13-20)21-14-10-7-11-15-21/h6-15H,1,16H2,2-5H3/b23-19+,24-18?. The summed E-state index contributed by atoms with van der Waals surface area (Å²) < 4.78 is 5.19. The minimum atomic E-state index is 0.467. The number of rotatable bonds is 7. The van der Waals surface area contributed by atoms with Crippen molar-refractivity contribution in [3.63, 3.8) is 0 Å². The van der Waals surface area contributed by atoms with Gasteiger partial charge < -0.3 is 4.74 Å². The lowest BCUT2D eigenvalue weighted by Gasteiger charge is -2.11. The third-order valence-corrected chi connectivity index (χ3v) is 3.94. The molecule has 0 unspecified atom stereocenters. The summed E-state index contributed by atoms with van der Waals surface area (Å²) in [6, 6.07) is 20.3. The highest BCUT2D eigenvalue weighted by Crippen LogP contribution is 2.19. The maximum atomic E-state index is 5.19. The summed E-state index contributed by atoms with van der Waals surface area (Å²) in [6.45, 7) is 10.4. The van der Waals surface area contributed by atoms with Crippen LogP contribution in [-0.4, -0.2) is 25.1 Å². The highest BCUT2D eigenvalue weighted by molar-refractivity contribution is 6.13. The van der Waals surface area contributed by atoms with E-state index in [1.165, 1.54) is 0 Å². The molecule has 3 heteroatoms. The van der Waals surface area contributed by atoms with E-state index in [1.54, 1.807) is 7.11 Å². The molecule has 0 spiro atoms. The molecule has 2 aromatic carbocycles. The van der Waals surface area contributed by atoms with E-state index in [1.807, 2.05) is 57.2 Å². The minimum absolute atomic E-state index is 0.467. The number of ether oxygens (including phenoxy) is 1. The van der Waals surface area contributed by atoms with Crippen LogP contribution in [0.4, 0.5) is 0 Å². The number of methoxy groups -OCH3 is 1. The third kappa shape index (κ3) is 5.36. The van der Waals surface area contributed by atoms with Crippen molar-refractivity contribution in [1.29, 1.82) is 0 Å². The van der Waals surface area contributed by atoms with Gasteiger partial charge >= 0.3 is 0 Å². The topological polar surface area (TPSA) is 34.0 Å². The number of hydrogen-bond acceptors (Lipinski definition) is 3. The van der Waals surface area contributed by atoms with Crippen LogP contribution in [0, 0.1) is 0 Å². The fraction of sp³-hybridized carbons (Fsp3) is 0.217. The van der Waals surface area contributed by atoms with Crippen LogP contribution in [0.1, 0.15) is 31.9 Å². The van der Waals surface area contributed by atoms with E-state index in [0.29, 0.717) is 12.4 Å². The third-order valence-electron chi connectivity index (χ3n) is 3.94. The van der Waals surface area contributed by atoms with Crippen LogP contribution in [0.15, 0.2) is 94.2 Å². The second-order valence-electron chi connectivity index (χ2n) is 6.20. The van der Waals surface area contributed by atoms with Crippen molar-refractivity contribution in [3.8, 4) is 0 Å². The predicted octanol–water partition coefficient (Wildman–Crippen LogP) is 5.44. The Morgan fingerprint density at radius 2 is 1.35 bits per heavy atom. The Bertz CT molecular complexity index is 790. The van der Waals surface area contributed by atoms with Gasteiger partial charge in [0, 0.05) is 23.9 Å². The van der Waals surface area contributed by atoms with Crippen LogP contribution in [0.3, 0.4) is 0 Å².